The molecule has 1 aromatic rings. The van der Waals surface area contributed by atoms with Gasteiger partial charge in [-0.3, -0.25) is 0 Å². The smallest absolute Gasteiger partial charge is 0.318 e. The van der Waals surface area contributed by atoms with E-state index >= 15 is 0 Å². The lowest BCUT2D eigenvalue weighted by molar-refractivity contribution is 0.374. The van der Waals surface area contributed by atoms with E-state index in [2.05, 4.69) is 30.7 Å². The Bertz CT molecular complexity index is 304. The zero-order valence-electron chi connectivity index (χ0n) is 8.46. The lowest BCUT2D eigenvalue weighted by atomic mass is 9.92. The van der Waals surface area contributed by atoms with Gasteiger partial charge in [-0.15, -0.1) is 0 Å². The Morgan fingerprint density at radius 3 is 2.38 bits per heavy atom. The van der Waals surface area contributed by atoms with Crippen molar-refractivity contribution in [1.82, 2.24) is 9.97 Å². The minimum Gasteiger partial charge on any atom is -0.467 e. The zero-order chi connectivity index (χ0) is 10.1. The van der Waals surface area contributed by atoms with Gasteiger partial charge in [0, 0.05) is 11.5 Å². The summed E-state index contributed by atoms with van der Waals surface area (Å²) in [5.74, 6) is 0.441. The van der Waals surface area contributed by atoms with E-state index in [1.165, 1.54) is 7.11 Å². The van der Waals surface area contributed by atoms with Crippen LogP contribution in [0.2, 0.25) is 0 Å². The fourth-order valence-electron chi connectivity index (χ4n) is 0.919. The SMILES string of the molecule is COc1nc(N)cc(C(C)(C)C)n1. The number of methoxy groups -OCH3 is 1. The van der Waals surface area contributed by atoms with Gasteiger partial charge in [0.2, 0.25) is 0 Å². The number of nitrogens with zero attached hydrogens (tertiary/aromatic N) is 2. The van der Waals surface area contributed by atoms with Crippen LogP contribution in [0.1, 0.15) is 26.5 Å². The van der Waals surface area contributed by atoms with E-state index in [0.717, 1.165) is 5.69 Å². The highest BCUT2D eigenvalue weighted by molar-refractivity contribution is 5.33. The fourth-order valence-corrected chi connectivity index (χ4v) is 0.919. The molecule has 0 aliphatic rings. The molecule has 0 fully saturated rings. The summed E-state index contributed by atoms with van der Waals surface area (Å²) in [6, 6.07) is 2.09. The van der Waals surface area contributed by atoms with E-state index in [-0.39, 0.29) is 5.41 Å². The highest BCUT2D eigenvalue weighted by atomic mass is 16.5. The van der Waals surface area contributed by atoms with Crippen LogP contribution in [0.4, 0.5) is 5.82 Å². The molecule has 4 heteroatoms. The molecule has 0 radical (unpaired) electrons. The first-order chi connectivity index (χ1) is 5.93. The quantitative estimate of drug-likeness (QED) is 0.710. The average Bonchev–Trinajstić information content (AvgIpc) is 2.01. The molecule has 72 valence electrons. The van der Waals surface area contributed by atoms with Crippen LogP contribution in [-0.2, 0) is 5.41 Å². The second-order valence-electron chi connectivity index (χ2n) is 3.91. The molecule has 2 N–H and O–H groups in total. The van der Waals surface area contributed by atoms with Crippen molar-refractivity contribution >= 4 is 5.82 Å². The molecular weight excluding hydrogens is 166 g/mol. The summed E-state index contributed by atoms with van der Waals surface area (Å²) >= 11 is 0. The van der Waals surface area contributed by atoms with E-state index < -0.39 is 0 Å². The molecule has 1 aromatic heterocycles. The third kappa shape index (κ3) is 2.31. The zero-order valence-corrected chi connectivity index (χ0v) is 8.46. The first kappa shape index (κ1) is 9.77. The minimum absolute atomic E-state index is 0.0374. The summed E-state index contributed by atoms with van der Waals surface area (Å²) in [6.07, 6.45) is 0. The molecule has 1 rings (SSSR count). The van der Waals surface area contributed by atoms with Gasteiger partial charge in [0.15, 0.2) is 0 Å². The predicted octanol–water partition coefficient (Wildman–Crippen LogP) is 1.36. The van der Waals surface area contributed by atoms with Gasteiger partial charge in [0.05, 0.1) is 12.8 Å². The number of nitrogen functional groups attached to an aromatic ring is 1. The molecular formula is C9H15N3O. The van der Waals surface area contributed by atoms with Gasteiger partial charge in [0.1, 0.15) is 5.82 Å². The summed E-state index contributed by atoms with van der Waals surface area (Å²) in [7, 11) is 1.53. The van der Waals surface area contributed by atoms with Crippen molar-refractivity contribution in [2.24, 2.45) is 0 Å². The summed E-state index contributed by atoms with van der Waals surface area (Å²) < 4.78 is 4.93. The van der Waals surface area contributed by atoms with Crippen LogP contribution in [0.25, 0.3) is 0 Å². The highest BCUT2D eigenvalue weighted by Crippen LogP contribution is 2.22. The van der Waals surface area contributed by atoms with Crippen LogP contribution in [-0.4, -0.2) is 17.1 Å². The third-order valence-electron chi connectivity index (χ3n) is 1.68. The number of nitrogens with two attached hydrogens (primary N) is 1. The highest BCUT2D eigenvalue weighted by Gasteiger charge is 2.17. The van der Waals surface area contributed by atoms with Crippen LogP contribution >= 0.6 is 0 Å². The number of rotatable bonds is 1. The van der Waals surface area contributed by atoms with E-state index in [0.29, 0.717) is 11.8 Å². The Balaban J connectivity index is 3.16. The van der Waals surface area contributed by atoms with Gasteiger partial charge in [-0.25, -0.2) is 0 Å². The van der Waals surface area contributed by atoms with E-state index in [4.69, 9.17) is 10.5 Å². The average molecular weight is 181 g/mol. The van der Waals surface area contributed by atoms with Crippen molar-refractivity contribution in [1.29, 1.82) is 0 Å². The lowest BCUT2D eigenvalue weighted by Crippen LogP contribution is -2.15. The molecule has 0 unspecified atom stereocenters. The predicted molar refractivity (Wildman–Crippen MR) is 51.7 cm³/mol. The van der Waals surface area contributed by atoms with E-state index in [1.54, 1.807) is 6.07 Å². The topological polar surface area (TPSA) is 61.0 Å². The molecule has 0 atom stereocenters. The summed E-state index contributed by atoms with van der Waals surface area (Å²) in [5.41, 5.74) is 6.45. The van der Waals surface area contributed by atoms with Crippen molar-refractivity contribution in [3.05, 3.63) is 11.8 Å². The maximum Gasteiger partial charge on any atom is 0.318 e. The van der Waals surface area contributed by atoms with Crippen molar-refractivity contribution in [2.75, 3.05) is 12.8 Å². The van der Waals surface area contributed by atoms with Gasteiger partial charge in [-0.2, -0.15) is 9.97 Å². The second kappa shape index (κ2) is 3.20. The van der Waals surface area contributed by atoms with Gasteiger partial charge in [-0.1, -0.05) is 20.8 Å². The van der Waals surface area contributed by atoms with Crippen LogP contribution in [0.5, 0.6) is 6.01 Å². The molecule has 0 aromatic carbocycles. The summed E-state index contributed by atoms with van der Waals surface area (Å²) in [5, 5.41) is 0. The largest absolute Gasteiger partial charge is 0.467 e. The van der Waals surface area contributed by atoms with Crippen LogP contribution in [0.3, 0.4) is 0 Å². The molecule has 13 heavy (non-hydrogen) atoms. The standard InChI is InChI=1S/C9H15N3O/c1-9(2,3)6-5-7(10)12-8(11-6)13-4/h5H,1-4H3,(H2,10,11,12). The maximum atomic E-state index is 5.60. The van der Waals surface area contributed by atoms with Crippen molar-refractivity contribution < 1.29 is 4.74 Å². The number of anilines is 1. The van der Waals surface area contributed by atoms with Gasteiger partial charge in [0.25, 0.3) is 0 Å². The Kier molecular flexibility index (Phi) is 2.40. The molecule has 0 aliphatic heterocycles. The van der Waals surface area contributed by atoms with Crippen molar-refractivity contribution in [2.45, 2.75) is 26.2 Å². The van der Waals surface area contributed by atoms with Gasteiger partial charge in [-0.05, 0) is 0 Å². The van der Waals surface area contributed by atoms with Crippen LogP contribution < -0.4 is 10.5 Å². The number of hydrogen-bond donors (Lipinski definition) is 1. The normalized spacial score (nSPS) is 11.4. The van der Waals surface area contributed by atoms with Crippen molar-refractivity contribution in [3.8, 4) is 6.01 Å². The Hall–Kier alpha value is -1.32. The molecule has 0 aliphatic carbocycles. The monoisotopic (exact) mass is 181 g/mol. The first-order valence-electron chi connectivity index (χ1n) is 4.12. The first-order valence-corrected chi connectivity index (χ1v) is 4.12. The van der Waals surface area contributed by atoms with Crippen molar-refractivity contribution in [3.63, 3.8) is 0 Å². The molecule has 1 heterocycles. The second-order valence-corrected chi connectivity index (χ2v) is 3.91. The Labute approximate surface area is 78.1 Å². The number of aromatic nitrogens is 2. The Morgan fingerprint density at radius 2 is 1.92 bits per heavy atom. The van der Waals surface area contributed by atoms with Crippen LogP contribution in [0.15, 0.2) is 6.07 Å². The molecule has 0 amide bonds. The number of ether oxygens (including phenoxy) is 1. The summed E-state index contributed by atoms with van der Waals surface area (Å²) in [4.78, 5) is 8.12. The molecule has 0 bridgehead atoms. The van der Waals surface area contributed by atoms with Gasteiger partial charge < -0.3 is 10.5 Å². The summed E-state index contributed by atoms with van der Waals surface area (Å²) in [6.45, 7) is 6.19. The molecule has 0 saturated heterocycles. The Morgan fingerprint density at radius 1 is 1.31 bits per heavy atom. The fraction of sp³-hybridized carbons (Fsp3) is 0.556. The molecule has 4 nitrogen and oxygen atoms in total. The maximum absolute atomic E-state index is 5.60. The minimum atomic E-state index is -0.0374. The van der Waals surface area contributed by atoms with Gasteiger partial charge >= 0.3 is 6.01 Å². The van der Waals surface area contributed by atoms with E-state index in [9.17, 15) is 0 Å². The third-order valence-corrected chi connectivity index (χ3v) is 1.68. The van der Waals surface area contributed by atoms with E-state index in [1.807, 2.05) is 0 Å². The number of hydrogen-bond acceptors (Lipinski definition) is 4. The van der Waals surface area contributed by atoms with Crippen LogP contribution in [0, 0.1) is 0 Å². The lowest BCUT2D eigenvalue weighted by Gasteiger charge is -2.17. The molecule has 0 spiro atoms. The molecule has 0 saturated carbocycles.